The molecule has 0 radical (unpaired) electrons. The number of benzene rings is 2. The Morgan fingerprint density at radius 2 is 1.41 bits per heavy atom. The maximum absolute atomic E-state index is 13.0. The van der Waals surface area contributed by atoms with Crippen LogP contribution in [0.15, 0.2) is 48.5 Å². The number of para-hydroxylation sites is 1. The van der Waals surface area contributed by atoms with Crippen LogP contribution in [0.1, 0.15) is 90.3 Å². The number of hydroxylamine groups is 2. The molecule has 0 unspecified atom stereocenters. The summed E-state index contributed by atoms with van der Waals surface area (Å²) < 4.78 is 0. The lowest BCUT2D eigenvalue weighted by Gasteiger charge is -2.26. The van der Waals surface area contributed by atoms with Crippen molar-refractivity contribution < 1.29 is 24.0 Å². The van der Waals surface area contributed by atoms with Gasteiger partial charge in [0.2, 0.25) is 5.91 Å². The Balaban J connectivity index is 0.000000255. The Morgan fingerprint density at radius 3 is 2.03 bits per heavy atom. The Kier molecular flexibility index (Phi) is 9.34. The van der Waals surface area contributed by atoms with E-state index in [-0.39, 0.29) is 24.2 Å². The molecule has 1 fully saturated rings. The molecule has 2 heterocycles. The third-order valence-corrected chi connectivity index (χ3v) is 6.28. The van der Waals surface area contributed by atoms with Crippen LogP contribution in [-0.4, -0.2) is 28.8 Å². The first-order chi connectivity index (χ1) is 18.3. The summed E-state index contributed by atoms with van der Waals surface area (Å²) >= 11 is 0. The van der Waals surface area contributed by atoms with Crippen molar-refractivity contribution in [1.29, 1.82) is 0 Å². The topological polar surface area (TPSA) is 84.0 Å². The highest BCUT2D eigenvalue weighted by Crippen LogP contribution is 2.28. The van der Waals surface area contributed by atoms with Crippen molar-refractivity contribution >= 4 is 29.4 Å². The summed E-state index contributed by atoms with van der Waals surface area (Å²) in [6, 6.07) is 16.0. The zero-order valence-corrected chi connectivity index (χ0v) is 23.8. The summed E-state index contributed by atoms with van der Waals surface area (Å²) in [4.78, 5) is 53.1. The van der Waals surface area contributed by atoms with E-state index in [0.717, 1.165) is 35.2 Å². The molecular formula is C32H38N2O5. The molecule has 4 rings (SSSR count). The van der Waals surface area contributed by atoms with E-state index in [2.05, 4.69) is 38.7 Å². The number of carbonyl (C=O) groups excluding carboxylic acids is 4. The average molecular weight is 531 g/mol. The molecule has 2 aliphatic heterocycles. The van der Waals surface area contributed by atoms with Gasteiger partial charge in [0.25, 0.3) is 11.8 Å². The lowest BCUT2D eigenvalue weighted by molar-refractivity contribution is -0.203. The average Bonchev–Trinajstić information content (AvgIpc) is 3.16. The minimum atomic E-state index is -0.719. The number of hydrogen-bond donors (Lipinski definition) is 0. The van der Waals surface area contributed by atoms with Crippen LogP contribution in [0.4, 0.5) is 5.69 Å². The Morgan fingerprint density at radius 1 is 0.846 bits per heavy atom. The zero-order valence-electron chi connectivity index (χ0n) is 23.8. The van der Waals surface area contributed by atoms with Gasteiger partial charge in [0, 0.05) is 30.4 Å². The number of rotatable bonds is 4. The summed E-state index contributed by atoms with van der Waals surface area (Å²) in [5, 5.41) is 0.563. The number of anilines is 1. The summed E-state index contributed by atoms with van der Waals surface area (Å²) in [5.74, 6) is 5.19. The molecule has 1 saturated heterocycles. The predicted molar refractivity (Wildman–Crippen MR) is 150 cm³/mol. The Labute approximate surface area is 231 Å². The number of carbonyl (C=O) groups is 4. The third kappa shape index (κ3) is 8.28. The first kappa shape index (κ1) is 29.6. The number of nitrogens with zero attached hydrogens (tertiary/aromatic N) is 2. The van der Waals surface area contributed by atoms with Gasteiger partial charge in [0.15, 0.2) is 0 Å². The number of hydrogen-bond acceptors (Lipinski definition) is 5. The standard InChI is InChI=1S/C23H25NO.C9H13NO4/c1-23(2,3)16-8-13-22(25)24-17-20-11-5-4-9-18(20)14-15-19-10-6-7-12-21(19)24;1-9(2,3)8(13)14-10-6(11)4-5-7(10)12/h4-7,9-12H,8,13,16-17H2,1-3H3;4-5H2,1-3H3. The quantitative estimate of drug-likeness (QED) is 0.369. The lowest BCUT2D eigenvalue weighted by Crippen LogP contribution is -2.36. The Hall–Kier alpha value is -3.92. The van der Waals surface area contributed by atoms with Crippen molar-refractivity contribution in [2.24, 2.45) is 10.8 Å². The minimum Gasteiger partial charge on any atom is -0.330 e. The van der Waals surface area contributed by atoms with E-state index in [0.29, 0.717) is 18.0 Å². The van der Waals surface area contributed by atoms with Gasteiger partial charge in [-0.15, -0.1) is 5.06 Å². The molecule has 206 valence electrons. The number of fused-ring (bicyclic) bond motifs is 2. The molecule has 39 heavy (non-hydrogen) atoms. The van der Waals surface area contributed by atoms with Crippen molar-refractivity contribution in [1.82, 2.24) is 5.06 Å². The SMILES string of the molecule is CC(C)(C)C(=O)ON1C(=O)CCC1=O.CC(C)(C)CCCC(=O)N1Cc2ccccc2C#Cc2ccccc21. The molecule has 0 spiro atoms. The molecule has 2 aliphatic rings. The molecule has 0 aliphatic carbocycles. The maximum Gasteiger partial charge on any atom is 0.338 e. The second-order valence-corrected chi connectivity index (χ2v) is 12.0. The highest BCUT2D eigenvalue weighted by molar-refractivity contribution is 6.01. The monoisotopic (exact) mass is 530 g/mol. The molecule has 0 aromatic heterocycles. The lowest BCUT2D eigenvalue weighted by atomic mass is 9.89. The van der Waals surface area contributed by atoms with E-state index in [9.17, 15) is 19.2 Å². The summed E-state index contributed by atoms with van der Waals surface area (Å²) in [5.41, 5.74) is 3.49. The third-order valence-electron chi connectivity index (χ3n) is 6.28. The second kappa shape index (κ2) is 12.3. The fraction of sp³-hybridized carbons (Fsp3) is 0.438. The first-order valence-electron chi connectivity index (χ1n) is 13.3. The number of amides is 3. The Bertz CT molecular complexity index is 1290. The van der Waals surface area contributed by atoms with E-state index in [4.69, 9.17) is 4.84 Å². The molecule has 7 nitrogen and oxygen atoms in total. The molecule has 7 heteroatoms. The fourth-order valence-corrected chi connectivity index (χ4v) is 3.99. The predicted octanol–water partition coefficient (Wildman–Crippen LogP) is 5.79. The van der Waals surface area contributed by atoms with Crippen LogP contribution in [0.25, 0.3) is 0 Å². The van der Waals surface area contributed by atoms with Gasteiger partial charge in [-0.3, -0.25) is 14.4 Å². The van der Waals surface area contributed by atoms with E-state index in [1.165, 1.54) is 0 Å². The zero-order chi connectivity index (χ0) is 28.8. The van der Waals surface area contributed by atoms with Crippen LogP contribution in [0.5, 0.6) is 0 Å². The van der Waals surface area contributed by atoms with Crippen LogP contribution in [0.3, 0.4) is 0 Å². The summed E-state index contributed by atoms with van der Waals surface area (Å²) in [7, 11) is 0. The van der Waals surface area contributed by atoms with Crippen molar-refractivity contribution in [2.45, 2.75) is 80.2 Å². The normalized spacial score (nSPS) is 14.6. The van der Waals surface area contributed by atoms with Crippen LogP contribution in [0.2, 0.25) is 0 Å². The van der Waals surface area contributed by atoms with Gasteiger partial charge in [0.1, 0.15) is 0 Å². The van der Waals surface area contributed by atoms with Crippen LogP contribution >= 0.6 is 0 Å². The van der Waals surface area contributed by atoms with E-state index in [1.54, 1.807) is 20.8 Å². The number of imide groups is 1. The van der Waals surface area contributed by atoms with E-state index >= 15 is 0 Å². The second-order valence-electron chi connectivity index (χ2n) is 12.0. The molecule has 2 aromatic carbocycles. The van der Waals surface area contributed by atoms with E-state index < -0.39 is 23.2 Å². The molecule has 0 N–H and O–H groups in total. The van der Waals surface area contributed by atoms with E-state index in [1.807, 2.05) is 47.4 Å². The molecule has 3 amide bonds. The van der Waals surface area contributed by atoms with Gasteiger partial charge < -0.3 is 9.74 Å². The van der Waals surface area contributed by atoms with Crippen LogP contribution in [0, 0.1) is 22.7 Å². The highest BCUT2D eigenvalue weighted by atomic mass is 16.7. The van der Waals surface area contributed by atoms with Crippen molar-refractivity contribution in [3.63, 3.8) is 0 Å². The summed E-state index contributed by atoms with van der Waals surface area (Å²) in [6.45, 7) is 12.2. The van der Waals surface area contributed by atoms with Gasteiger partial charge in [-0.1, -0.05) is 62.9 Å². The van der Waals surface area contributed by atoms with Gasteiger partial charge in [0.05, 0.1) is 17.6 Å². The molecular weight excluding hydrogens is 492 g/mol. The van der Waals surface area contributed by atoms with Gasteiger partial charge >= 0.3 is 5.97 Å². The van der Waals surface area contributed by atoms with Crippen LogP contribution in [-0.2, 0) is 30.6 Å². The van der Waals surface area contributed by atoms with Crippen molar-refractivity contribution in [3.8, 4) is 11.8 Å². The highest BCUT2D eigenvalue weighted by Gasteiger charge is 2.36. The molecule has 2 aromatic rings. The first-order valence-corrected chi connectivity index (χ1v) is 13.3. The van der Waals surface area contributed by atoms with Gasteiger partial charge in [-0.05, 0) is 62.8 Å². The molecule has 0 saturated carbocycles. The molecule has 0 atom stereocenters. The van der Waals surface area contributed by atoms with Crippen LogP contribution < -0.4 is 4.90 Å². The fourth-order valence-electron chi connectivity index (χ4n) is 3.99. The molecule has 0 bridgehead atoms. The maximum atomic E-state index is 13.0. The smallest absolute Gasteiger partial charge is 0.330 e. The van der Waals surface area contributed by atoms with Crippen molar-refractivity contribution in [2.75, 3.05) is 4.90 Å². The van der Waals surface area contributed by atoms with Crippen molar-refractivity contribution in [3.05, 3.63) is 65.2 Å². The minimum absolute atomic E-state index is 0.121. The van der Waals surface area contributed by atoms with Gasteiger partial charge in [-0.25, -0.2) is 4.79 Å². The summed E-state index contributed by atoms with van der Waals surface area (Å²) in [6.07, 6.45) is 2.77. The van der Waals surface area contributed by atoms with Gasteiger partial charge in [-0.2, -0.15) is 0 Å². The largest absolute Gasteiger partial charge is 0.338 e.